The molecule has 8 nitrogen and oxygen atoms in total. The minimum Gasteiger partial charge on any atom is -0.497 e. The molecule has 0 saturated heterocycles. The lowest BCUT2D eigenvalue weighted by molar-refractivity contribution is 0.102. The molecule has 3 aromatic rings. The van der Waals surface area contributed by atoms with Crippen molar-refractivity contribution < 1.29 is 23.7 Å². The van der Waals surface area contributed by atoms with E-state index in [4.69, 9.17) is 18.9 Å². The molecule has 1 heterocycles. The number of nitrogens with one attached hydrogen (secondary N) is 1. The Balaban J connectivity index is 1.72. The molecule has 0 bridgehead atoms. The summed E-state index contributed by atoms with van der Waals surface area (Å²) in [4.78, 5) is 12.6. The number of amides is 1. The second-order valence-electron chi connectivity index (χ2n) is 5.92. The third kappa shape index (κ3) is 4.87. The van der Waals surface area contributed by atoms with Crippen molar-refractivity contribution in [2.45, 2.75) is 0 Å². The Bertz CT molecular complexity index is 1020. The minimum absolute atomic E-state index is 0.343. The normalized spacial score (nSPS) is 10.7. The van der Waals surface area contributed by atoms with Gasteiger partial charge in [0.05, 0.1) is 28.4 Å². The van der Waals surface area contributed by atoms with Crippen LogP contribution in [0.1, 0.15) is 20.9 Å². The first-order chi connectivity index (χ1) is 14.6. The van der Waals surface area contributed by atoms with E-state index in [9.17, 15) is 4.79 Å². The number of hydrogen-bond donors (Lipinski definition) is 1. The maximum atomic E-state index is 12.6. The van der Waals surface area contributed by atoms with Gasteiger partial charge in [0.15, 0.2) is 11.5 Å². The lowest BCUT2D eigenvalue weighted by atomic mass is 10.1. The summed E-state index contributed by atoms with van der Waals surface area (Å²) in [6.07, 6.45) is 3.74. The summed E-state index contributed by atoms with van der Waals surface area (Å²) >= 11 is 1.26. The van der Waals surface area contributed by atoms with Crippen LogP contribution in [0.2, 0.25) is 0 Å². The van der Waals surface area contributed by atoms with Gasteiger partial charge < -0.3 is 18.9 Å². The maximum Gasteiger partial charge on any atom is 0.257 e. The lowest BCUT2D eigenvalue weighted by Gasteiger charge is -2.13. The second-order valence-corrected chi connectivity index (χ2v) is 6.93. The summed E-state index contributed by atoms with van der Waals surface area (Å²) in [6.45, 7) is 0. The van der Waals surface area contributed by atoms with Crippen molar-refractivity contribution in [3.05, 3.63) is 52.5 Å². The molecule has 156 valence electrons. The summed E-state index contributed by atoms with van der Waals surface area (Å²) in [5.41, 5.74) is 1.34. The Labute approximate surface area is 178 Å². The Morgan fingerprint density at radius 1 is 0.900 bits per heavy atom. The molecule has 0 radical (unpaired) electrons. The van der Waals surface area contributed by atoms with Crippen LogP contribution >= 0.6 is 11.3 Å². The molecule has 0 aliphatic heterocycles. The van der Waals surface area contributed by atoms with Crippen molar-refractivity contribution in [2.24, 2.45) is 0 Å². The highest BCUT2D eigenvalue weighted by Crippen LogP contribution is 2.38. The fourth-order valence-corrected chi connectivity index (χ4v) is 3.26. The highest BCUT2D eigenvalue weighted by Gasteiger charge is 2.18. The number of nitrogens with zero attached hydrogens (tertiary/aromatic N) is 2. The van der Waals surface area contributed by atoms with Crippen molar-refractivity contribution in [3.63, 3.8) is 0 Å². The molecule has 1 amide bonds. The summed E-state index contributed by atoms with van der Waals surface area (Å²) in [5, 5.41) is 11.9. The molecule has 2 aromatic carbocycles. The molecule has 0 atom stereocenters. The third-order valence-corrected chi connectivity index (χ3v) is 4.93. The molecular formula is C21H21N3O5S. The number of anilines is 1. The SMILES string of the molecule is COc1ccc(C=Cc2nnc(NC(=O)c3cc(OC)c(OC)c(OC)c3)s2)cc1. The van der Waals surface area contributed by atoms with Crippen LogP contribution in [0.5, 0.6) is 23.0 Å². The van der Waals surface area contributed by atoms with E-state index in [0.29, 0.717) is 33.0 Å². The van der Waals surface area contributed by atoms with Gasteiger partial charge in [-0.25, -0.2) is 0 Å². The van der Waals surface area contributed by atoms with E-state index in [1.807, 2.05) is 36.4 Å². The average Bonchev–Trinajstić information content (AvgIpc) is 3.24. The van der Waals surface area contributed by atoms with Crippen molar-refractivity contribution in [1.29, 1.82) is 0 Å². The van der Waals surface area contributed by atoms with Crippen LogP contribution in [0.3, 0.4) is 0 Å². The highest BCUT2D eigenvalue weighted by atomic mass is 32.1. The van der Waals surface area contributed by atoms with Gasteiger partial charge in [-0.2, -0.15) is 0 Å². The van der Waals surface area contributed by atoms with E-state index in [1.165, 1.54) is 32.7 Å². The Morgan fingerprint density at radius 2 is 1.57 bits per heavy atom. The molecule has 30 heavy (non-hydrogen) atoms. The van der Waals surface area contributed by atoms with Gasteiger partial charge in [0, 0.05) is 5.56 Å². The predicted molar refractivity (Wildman–Crippen MR) is 116 cm³/mol. The van der Waals surface area contributed by atoms with E-state index >= 15 is 0 Å². The third-order valence-electron chi connectivity index (χ3n) is 4.12. The lowest BCUT2D eigenvalue weighted by Crippen LogP contribution is -2.12. The van der Waals surface area contributed by atoms with E-state index in [0.717, 1.165) is 11.3 Å². The fraction of sp³-hybridized carbons (Fsp3) is 0.190. The van der Waals surface area contributed by atoms with Gasteiger partial charge >= 0.3 is 0 Å². The van der Waals surface area contributed by atoms with Crippen molar-refractivity contribution in [1.82, 2.24) is 10.2 Å². The molecule has 1 N–H and O–H groups in total. The van der Waals surface area contributed by atoms with Crippen LogP contribution in [0, 0.1) is 0 Å². The predicted octanol–water partition coefficient (Wildman–Crippen LogP) is 4.00. The summed E-state index contributed by atoms with van der Waals surface area (Å²) in [5.74, 6) is 1.62. The van der Waals surface area contributed by atoms with E-state index in [1.54, 1.807) is 19.2 Å². The molecular weight excluding hydrogens is 406 g/mol. The number of rotatable bonds is 8. The van der Waals surface area contributed by atoms with E-state index in [-0.39, 0.29) is 5.91 Å². The quantitative estimate of drug-likeness (QED) is 0.581. The van der Waals surface area contributed by atoms with Crippen LogP contribution in [-0.2, 0) is 0 Å². The molecule has 0 saturated carbocycles. The monoisotopic (exact) mass is 427 g/mol. The highest BCUT2D eigenvalue weighted by molar-refractivity contribution is 7.16. The zero-order valence-corrected chi connectivity index (χ0v) is 17.8. The summed E-state index contributed by atoms with van der Waals surface area (Å²) < 4.78 is 21.0. The number of carbonyl (C=O) groups is 1. The van der Waals surface area contributed by atoms with Gasteiger partial charge in [-0.3, -0.25) is 10.1 Å². The number of aromatic nitrogens is 2. The molecule has 9 heteroatoms. The number of carbonyl (C=O) groups excluding carboxylic acids is 1. The van der Waals surface area contributed by atoms with Crippen LogP contribution in [-0.4, -0.2) is 44.5 Å². The number of ether oxygens (including phenoxy) is 4. The largest absolute Gasteiger partial charge is 0.497 e. The van der Waals surface area contributed by atoms with Crippen molar-refractivity contribution >= 4 is 34.5 Å². The van der Waals surface area contributed by atoms with E-state index in [2.05, 4.69) is 15.5 Å². The average molecular weight is 427 g/mol. The molecule has 3 rings (SSSR count). The number of hydrogen-bond acceptors (Lipinski definition) is 8. The number of methoxy groups -OCH3 is 4. The first-order valence-corrected chi connectivity index (χ1v) is 9.66. The molecule has 0 spiro atoms. The van der Waals surface area contributed by atoms with Gasteiger partial charge in [0.25, 0.3) is 5.91 Å². The Hall–Kier alpha value is -3.59. The van der Waals surface area contributed by atoms with Crippen LogP contribution in [0.25, 0.3) is 12.2 Å². The summed E-state index contributed by atoms with van der Waals surface area (Å²) in [7, 11) is 6.11. The van der Waals surface area contributed by atoms with E-state index < -0.39 is 0 Å². The minimum atomic E-state index is -0.365. The van der Waals surface area contributed by atoms with Crippen LogP contribution in [0.15, 0.2) is 36.4 Å². The van der Waals surface area contributed by atoms with Gasteiger partial charge in [-0.15, -0.1) is 10.2 Å². The van der Waals surface area contributed by atoms with Crippen LogP contribution in [0.4, 0.5) is 5.13 Å². The topological polar surface area (TPSA) is 91.8 Å². The first kappa shape index (κ1) is 21.1. The zero-order chi connectivity index (χ0) is 21.5. The molecule has 0 unspecified atom stereocenters. The number of benzene rings is 2. The van der Waals surface area contributed by atoms with Crippen molar-refractivity contribution in [3.8, 4) is 23.0 Å². The fourth-order valence-electron chi connectivity index (χ4n) is 2.62. The molecule has 1 aromatic heterocycles. The van der Waals surface area contributed by atoms with Gasteiger partial charge in [-0.05, 0) is 35.9 Å². The Kier molecular flexibility index (Phi) is 6.87. The molecule has 0 aliphatic carbocycles. The first-order valence-electron chi connectivity index (χ1n) is 8.85. The van der Waals surface area contributed by atoms with Crippen LogP contribution < -0.4 is 24.3 Å². The smallest absolute Gasteiger partial charge is 0.257 e. The molecule has 0 fully saturated rings. The Morgan fingerprint density at radius 3 is 2.13 bits per heavy atom. The van der Waals surface area contributed by atoms with Gasteiger partial charge in [-0.1, -0.05) is 29.5 Å². The van der Waals surface area contributed by atoms with Gasteiger partial charge in [0.2, 0.25) is 10.9 Å². The van der Waals surface area contributed by atoms with Gasteiger partial charge in [0.1, 0.15) is 10.8 Å². The summed E-state index contributed by atoms with van der Waals surface area (Å²) in [6, 6.07) is 10.8. The van der Waals surface area contributed by atoms with Crippen molar-refractivity contribution in [2.75, 3.05) is 33.8 Å². The maximum absolute atomic E-state index is 12.6. The zero-order valence-electron chi connectivity index (χ0n) is 17.0. The standard InChI is InChI=1S/C21H21N3O5S/c1-26-15-8-5-13(6-9-15)7-10-18-23-24-21(30-18)22-20(25)14-11-16(27-2)19(29-4)17(12-14)28-3/h5-12H,1-4H3,(H,22,24,25). The second kappa shape index (κ2) is 9.75. The molecule has 0 aliphatic rings.